The van der Waals surface area contributed by atoms with Gasteiger partial charge in [-0.15, -0.1) is 0 Å². The van der Waals surface area contributed by atoms with Crippen LogP contribution in [0.25, 0.3) is 0 Å². The van der Waals surface area contributed by atoms with Gasteiger partial charge in [0.1, 0.15) is 0 Å². The molecule has 1 aromatic rings. The Kier molecular flexibility index (Phi) is 4.97. The van der Waals surface area contributed by atoms with Crippen LogP contribution < -0.4 is 10.2 Å². The van der Waals surface area contributed by atoms with Crippen LogP contribution in [0.5, 0.6) is 0 Å². The minimum Gasteiger partial charge on any atom is -0.383 e. The molecule has 0 aliphatic heterocycles. The second-order valence-electron chi connectivity index (χ2n) is 4.72. The van der Waals surface area contributed by atoms with E-state index >= 15 is 0 Å². The van der Waals surface area contributed by atoms with Gasteiger partial charge in [-0.2, -0.15) is 0 Å². The van der Waals surface area contributed by atoms with Crippen molar-refractivity contribution in [3.63, 3.8) is 0 Å². The molecule has 0 saturated carbocycles. The van der Waals surface area contributed by atoms with E-state index in [4.69, 9.17) is 9.72 Å². The zero-order chi connectivity index (χ0) is 13.0. The van der Waals surface area contributed by atoms with Crippen LogP contribution in [0.4, 0.5) is 5.13 Å². The van der Waals surface area contributed by atoms with Crippen molar-refractivity contribution in [1.29, 1.82) is 0 Å². The Hall–Kier alpha value is -0.650. The Morgan fingerprint density at radius 1 is 1.56 bits per heavy atom. The molecule has 0 aromatic carbocycles. The lowest BCUT2D eigenvalue weighted by atomic mass is 9.98. The summed E-state index contributed by atoms with van der Waals surface area (Å²) in [6.07, 6.45) is 3.62. The highest BCUT2D eigenvalue weighted by Gasteiger charge is 2.24. The summed E-state index contributed by atoms with van der Waals surface area (Å²) in [5, 5.41) is 4.69. The first-order valence-electron chi connectivity index (χ1n) is 6.69. The van der Waals surface area contributed by atoms with Crippen LogP contribution in [-0.2, 0) is 11.2 Å². The van der Waals surface area contributed by atoms with Gasteiger partial charge in [-0.25, -0.2) is 4.98 Å². The molecule has 1 aliphatic carbocycles. The van der Waals surface area contributed by atoms with E-state index in [1.165, 1.54) is 23.4 Å². The molecule has 0 amide bonds. The maximum absolute atomic E-state index is 5.12. The van der Waals surface area contributed by atoms with E-state index in [1.807, 2.05) is 11.3 Å². The first-order chi connectivity index (χ1) is 8.76. The van der Waals surface area contributed by atoms with E-state index in [1.54, 1.807) is 7.11 Å². The van der Waals surface area contributed by atoms with Gasteiger partial charge >= 0.3 is 0 Å². The van der Waals surface area contributed by atoms with Crippen LogP contribution in [0, 0.1) is 0 Å². The fraction of sp³-hybridized carbons (Fsp3) is 0.769. The van der Waals surface area contributed by atoms with E-state index in [0.717, 1.165) is 31.2 Å². The summed E-state index contributed by atoms with van der Waals surface area (Å²) in [5.74, 6) is 0. The zero-order valence-electron chi connectivity index (χ0n) is 11.5. The normalized spacial score (nSPS) is 18.7. The number of thiazole rings is 1. The van der Waals surface area contributed by atoms with Crippen molar-refractivity contribution in [1.82, 2.24) is 10.3 Å². The Labute approximate surface area is 113 Å². The van der Waals surface area contributed by atoms with E-state index < -0.39 is 0 Å². The number of fused-ring (bicyclic) bond motifs is 1. The number of rotatable bonds is 6. The number of hydrogen-bond acceptors (Lipinski definition) is 5. The molecule has 1 unspecified atom stereocenters. The zero-order valence-corrected chi connectivity index (χ0v) is 12.3. The second-order valence-corrected chi connectivity index (χ2v) is 5.73. The van der Waals surface area contributed by atoms with Crippen LogP contribution in [0.15, 0.2) is 0 Å². The SMILES string of the molecule is CCNC1CCCc2nc(N(C)CCOC)sc21. The smallest absolute Gasteiger partial charge is 0.185 e. The van der Waals surface area contributed by atoms with Crippen molar-refractivity contribution in [2.75, 3.05) is 38.8 Å². The third kappa shape index (κ3) is 3.02. The Morgan fingerprint density at radius 2 is 2.39 bits per heavy atom. The maximum atomic E-state index is 5.12. The summed E-state index contributed by atoms with van der Waals surface area (Å²) in [5.41, 5.74) is 1.30. The average molecular weight is 269 g/mol. The highest BCUT2D eigenvalue weighted by Crippen LogP contribution is 2.37. The maximum Gasteiger partial charge on any atom is 0.185 e. The molecule has 4 nitrogen and oxygen atoms in total. The number of anilines is 1. The van der Waals surface area contributed by atoms with Crippen molar-refractivity contribution in [3.05, 3.63) is 10.6 Å². The summed E-state index contributed by atoms with van der Waals surface area (Å²) in [4.78, 5) is 8.42. The molecule has 18 heavy (non-hydrogen) atoms. The van der Waals surface area contributed by atoms with Crippen molar-refractivity contribution >= 4 is 16.5 Å². The molecule has 1 aromatic heterocycles. The molecule has 0 bridgehead atoms. The standard InChI is InChI=1S/C13H23N3OS/c1-4-14-10-6-5-7-11-12(10)18-13(15-11)16(2)8-9-17-3/h10,14H,4-9H2,1-3H3. The van der Waals surface area contributed by atoms with Gasteiger partial charge in [0.05, 0.1) is 12.3 Å². The minimum atomic E-state index is 0.515. The number of methoxy groups -OCH3 is 1. The van der Waals surface area contributed by atoms with Crippen LogP contribution in [0.3, 0.4) is 0 Å². The van der Waals surface area contributed by atoms with Gasteiger partial charge in [-0.05, 0) is 25.8 Å². The monoisotopic (exact) mass is 269 g/mol. The van der Waals surface area contributed by atoms with E-state index in [2.05, 4.69) is 24.2 Å². The lowest BCUT2D eigenvalue weighted by Crippen LogP contribution is -2.23. The predicted octanol–water partition coefficient (Wildman–Crippen LogP) is 2.21. The second kappa shape index (κ2) is 6.50. The van der Waals surface area contributed by atoms with Gasteiger partial charge < -0.3 is 15.0 Å². The highest BCUT2D eigenvalue weighted by molar-refractivity contribution is 7.15. The molecule has 5 heteroatoms. The van der Waals surface area contributed by atoms with E-state index in [9.17, 15) is 0 Å². The third-order valence-electron chi connectivity index (χ3n) is 3.35. The van der Waals surface area contributed by atoms with Gasteiger partial charge in [-0.1, -0.05) is 18.3 Å². The van der Waals surface area contributed by atoms with Gasteiger partial charge in [0, 0.05) is 31.6 Å². The lowest BCUT2D eigenvalue weighted by Gasteiger charge is -2.21. The van der Waals surface area contributed by atoms with Crippen LogP contribution >= 0.6 is 11.3 Å². The van der Waals surface area contributed by atoms with Crippen molar-refractivity contribution in [2.45, 2.75) is 32.2 Å². The number of aryl methyl sites for hydroxylation is 1. The van der Waals surface area contributed by atoms with Crippen molar-refractivity contribution < 1.29 is 4.74 Å². The first kappa shape index (κ1) is 13.8. The van der Waals surface area contributed by atoms with E-state index in [-0.39, 0.29) is 0 Å². The lowest BCUT2D eigenvalue weighted by molar-refractivity contribution is 0.206. The molecule has 1 aliphatic rings. The Balaban J connectivity index is 2.11. The molecule has 0 saturated heterocycles. The number of aromatic nitrogens is 1. The number of likely N-dealkylation sites (N-methyl/N-ethyl adjacent to an activating group) is 1. The average Bonchev–Trinajstić information content (AvgIpc) is 2.81. The molecule has 102 valence electrons. The number of nitrogens with zero attached hydrogens (tertiary/aromatic N) is 2. The predicted molar refractivity (Wildman–Crippen MR) is 76.6 cm³/mol. The van der Waals surface area contributed by atoms with Crippen LogP contribution in [-0.4, -0.2) is 38.8 Å². The van der Waals surface area contributed by atoms with E-state index in [0.29, 0.717) is 6.04 Å². The number of hydrogen-bond donors (Lipinski definition) is 1. The summed E-state index contributed by atoms with van der Waals surface area (Å²) in [7, 11) is 3.83. The fourth-order valence-electron chi connectivity index (χ4n) is 2.33. The minimum absolute atomic E-state index is 0.515. The molecule has 0 spiro atoms. The molecular weight excluding hydrogens is 246 g/mol. The highest BCUT2D eigenvalue weighted by atomic mass is 32.1. The van der Waals surface area contributed by atoms with Crippen molar-refractivity contribution in [2.24, 2.45) is 0 Å². The van der Waals surface area contributed by atoms with Gasteiger partial charge in [0.2, 0.25) is 0 Å². The fourth-order valence-corrected chi connectivity index (χ4v) is 3.54. The Bertz CT molecular complexity index is 380. The van der Waals surface area contributed by atoms with Gasteiger partial charge in [0.25, 0.3) is 0 Å². The van der Waals surface area contributed by atoms with Gasteiger partial charge in [-0.3, -0.25) is 0 Å². The summed E-state index contributed by atoms with van der Waals surface area (Å²) in [6.45, 7) is 4.84. The molecular formula is C13H23N3OS. The van der Waals surface area contributed by atoms with Crippen LogP contribution in [0.1, 0.15) is 36.4 Å². The molecule has 1 heterocycles. The van der Waals surface area contributed by atoms with Gasteiger partial charge in [0.15, 0.2) is 5.13 Å². The molecule has 0 radical (unpaired) electrons. The number of nitrogens with one attached hydrogen (secondary N) is 1. The topological polar surface area (TPSA) is 37.4 Å². The molecule has 0 fully saturated rings. The Morgan fingerprint density at radius 3 is 3.11 bits per heavy atom. The third-order valence-corrected chi connectivity index (χ3v) is 4.67. The molecule has 1 atom stereocenters. The quantitative estimate of drug-likeness (QED) is 0.859. The number of ether oxygens (including phenoxy) is 1. The van der Waals surface area contributed by atoms with Crippen molar-refractivity contribution in [3.8, 4) is 0 Å². The summed E-state index contributed by atoms with van der Waals surface area (Å²) < 4.78 is 5.12. The summed E-state index contributed by atoms with van der Waals surface area (Å²) >= 11 is 1.84. The first-order valence-corrected chi connectivity index (χ1v) is 7.51. The molecule has 1 N–H and O–H groups in total. The molecule has 2 rings (SSSR count). The summed E-state index contributed by atoms with van der Waals surface area (Å²) in [6, 6.07) is 0.515. The largest absolute Gasteiger partial charge is 0.383 e. The van der Waals surface area contributed by atoms with Crippen LogP contribution in [0.2, 0.25) is 0 Å².